The van der Waals surface area contributed by atoms with Crippen LogP contribution in [0.25, 0.3) is 0 Å². The highest BCUT2D eigenvalue weighted by Crippen LogP contribution is 2.19. The van der Waals surface area contributed by atoms with Crippen LogP contribution in [0.1, 0.15) is 27.2 Å². The van der Waals surface area contributed by atoms with Gasteiger partial charge in [0.05, 0.1) is 11.2 Å². The van der Waals surface area contributed by atoms with Gasteiger partial charge in [0.15, 0.2) is 0 Å². The molecule has 0 aliphatic carbocycles. The van der Waals surface area contributed by atoms with E-state index in [-0.39, 0.29) is 18.8 Å². The SMILES string of the molecule is CCNS(=O)(=O)CCNC(=O)NCC(C)(CC)C(=O)O. The number of carboxylic acids is 1. The molecule has 0 aliphatic heterocycles. The standard InChI is InChI=1S/C11H23N3O5S/c1-4-11(3,9(15)16)8-13-10(17)12-6-7-20(18,19)14-5-2/h14H,4-8H2,1-3H3,(H,15,16)(H2,12,13,17). The van der Waals surface area contributed by atoms with Gasteiger partial charge in [0.1, 0.15) is 0 Å². The highest BCUT2D eigenvalue weighted by Gasteiger charge is 2.31. The van der Waals surface area contributed by atoms with Gasteiger partial charge in [0.25, 0.3) is 0 Å². The van der Waals surface area contributed by atoms with Crippen molar-refractivity contribution >= 4 is 22.0 Å². The molecule has 0 radical (unpaired) electrons. The van der Waals surface area contributed by atoms with Gasteiger partial charge < -0.3 is 15.7 Å². The normalized spacial score (nSPS) is 14.3. The van der Waals surface area contributed by atoms with Crippen molar-refractivity contribution in [3.8, 4) is 0 Å². The van der Waals surface area contributed by atoms with Gasteiger partial charge in [0, 0.05) is 19.6 Å². The van der Waals surface area contributed by atoms with Crippen LogP contribution >= 0.6 is 0 Å². The van der Waals surface area contributed by atoms with Crippen molar-refractivity contribution in [2.45, 2.75) is 27.2 Å². The molecule has 20 heavy (non-hydrogen) atoms. The second-order valence-corrected chi connectivity index (χ2v) is 6.57. The average Bonchev–Trinajstić information content (AvgIpc) is 2.35. The topological polar surface area (TPSA) is 125 Å². The quantitative estimate of drug-likeness (QED) is 0.466. The van der Waals surface area contributed by atoms with Crippen LogP contribution < -0.4 is 15.4 Å². The molecule has 8 nitrogen and oxygen atoms in total. The van der Waals surface area contributed by atoms with E-state index in [0.29, 0.717) is 13.0 Å². The van der Waals surface area contributed by atoms with Crippen LogP contribution in [0.3, 0.4) is 0 Å². The van der Waals surface area contributed by atoms with Crippen molar-refractivity contribution in [3.05, 3.63) is 0 Å². The Labute approximate surface area is 119 Å². The van der Waals surface area contributed by atoms with E-state index in [4.69, 9.17) is 5.11 Å². The molecule has 9 heteroatoms. The zero-order valence-corrected chi connectivity index (χ0v) is 12.8. The van der Waals surface area contributed by atoms with Crippen LogP contribution in [-0.4, -0.2) is 50.9 Å². The number of urea groups is 1. The molecule has 0 aliphatic rings. The van der Waals surface area contributed by atoms with Gasteiger partial charge in [-0.05, 0) is 13.3 Å². The fourth-order valence-corrected chi connectivity index (χ4v) is 2.24. The Bertz CT molecular complexity index is 437. The maximum atomic E-state index is 11.4. The predicted octanol–water partition coefficient (Wildman–Crippen LogP) is -0.274. The summed E-state index contributed by atoms with van der Waals surface area (Å²) in [5, 5.41) is 13.8. The Hall–Kier alpha value is -1.35. The minimum atomic E-state index is -3.38. The van der Waals surface area contributed by atoms with Gasteiger partial charge in [-0.1, -0.05) is 13.8 Å². The largest absolute Gasteiger partial charge is 0.481 e. The maximum Gasteiger partial charge on any atom is 0.314 e. The zero-order valence-electron chi connectivity index (χ0n) is 12.0. The predicted molar refractivity (Wildman–Crippen MR) is 74.9 cm³/mol. The summed E-state index contributed by atoms with van der Waals surface area (Å²) in [5.74, 6) is -1.21. The van der Waals surface area contributed by atoms with Crippen molar-refractivity contribution in [3.63, 3.8) is 0 Å². The van der Waals surface area contributed by atoms with Crippen LogP contribution in [-0.2, 0) is 14.8 Å². The number of nitrogens with one attached hydrogen (secondary N) is 3. The third-order valence-corrected chi connectivity index (χ3v) is 4.43. The highest BCUT2D eigenvalue weighted by atomic mass is 32.2. The highest BCUT2D eigenvalue weighted by molar-refractivity contribution is 7.89. The number of rotatable bonds is 9. The molecule has 1 atom stereocenters. The molecule has 0 aromatic carbocycles. The Morgan fingerprint density at radius 3 is 2.25 bits per heavy atom. The summed E-state index contributed by atoms with van der Waals surface area (Å²) in [5.41, 5.74) is -1.03. The Morgan fingerprint density at radius 1 is 1.20 bits per heavy atom. The third-order valence-electron chi connectivity index (χ3n) is 2.96. The molecule has 118 valence electrons. The Kier molecular flexibility index (Phi) is 7.51. The van der Waals surface area contributed by atoms with Crippen molar-refractivity contribution in [1.82, 2.24) is 15.4 Å². The van der Waals surface area contributed by atoms with Crippen molar-refractivity contribution in [1.29, 1.82) is 0 Å². The van der Waals surface area contributed by atoms with Gasteiger partial charge in [-0.2, -0.15) is 0 Å². The molecule has 0 rings (SSSR count). The number of hydrogen-bond acceptors (Lipinski definition) is 4. The van der Waals surface area contributed by atoms with E-state index in [9.17, 15) is 18.0 Å². The molecule has 0 bridgehead atoms. The van der Waals surface area contributed by atoms with Crippen LogP contribution in [0.2, 0.25) is 0 Å². The maximum absolute atomic E-state index is 11.4. The van der Waals surface area contributed by atoms with E-state index in [1.54, 1.807) is 13.8 Å². The van der Waals surface area contributed by atoms with Gasteiger partial charge in [-0.15, -0.1) is 0 Å². The van der Waals surface area contributed by atoms with E-state index in [1.165, 1.54) is 6.92 Å². The molecular weight excluding hydrogens is 286 g/mol. The van der Waals surface area contributed by atoms with Gasteiger partial charge in [-0.3, -0.25) is 4.79 Å². The van der Waals surface area contributed by atoms with Crippen molar-refractivity contribution < 1.29 is 23.1 Å². The van der Waals surface area contributed by atoms with Crippen molar-refractivity contribution in [2.24, 2.45) is 5.41 Å². The second kappa shape index (κ2) is 8.05. The molecule has 4 N–H and O–H groups in total. The molecule has 0 saturated carbocycles. The second-order valence-electron chi connectivity index (χ2n) is 4.65. The minimum absolute atomic E-state index is 0.0232. The summed E-state index contributed by atoms with van der Waals surface area (Å²) < 4.78 is 24.9. The summed E-state index contributed by atoms with van der Waals surface area (Å²) >= 11 is 0. The lowest BCUT2D eigenvalue weighted by Crippen LogP contribution is -2.45. The first-order valence-corrected chi connectivity index (χ1v) is 8.04. The number of hydrogen-bond donors (Lipinski definition) is 4. The van der Waals surface area contributed by atoms with E-state index in [1.807, 2.05) is 0 Å². The van der Waals surface area contributed by atoms with Gasteiger partial charge in [-0.25, -0.2) is 17.9 Å². The molecule has 2 amide bonds. The molecule has 0 spiro atoms. The fraction of sp³-hybridized carbons (Fsp3) is 0.818. The van der Waals surface area contributed by atoms with E-state index in [0.717, 1.165) is 0 Å². The zero-order chi connectivity index (χ0) is 15.8. The molecule has 0 fully saturated rings. The number of aliphatic carboxylic acids is 1. The first-order chi connectivity index (χ1) is 9.17. The molecule has 0 aromatic rings. The van der Waals surface area contributed by atoms with Crippen LogP contribution in [0.4, 0.5) is 4.79 Å². The monoisotopic (exact) mass is 309 g/mol. The van der Waals surface area contributed by atoms with E-state index in [2.05, 4.69) is 15.4 Å². The first-order valence-electron chi connectivity index (χ1n) is 6.39. The average molecular weight is 309 g/mol. The molecule has 0 heterocycles. The number of carbonyl (C=O) groups is 2. The van der Waals surface area contributed by atoms with Crippen LogP contribution in [0, 0.1) is 5.41 Å². The van der Waals surface area contributed by atoms with E-state index < -0.39 is 27.4 Å². The first kappa shape index (κ1) is 18.7. The molecule has 0 aromatic heterocycles. The Balaban J connectivity index is 4.11. The number of carboxylic acid groups (broad SMARTS) is 1. The Morgan fingerprint density at radius 2 is 1.80 bits per heavy atom. The van der Waals surface area contributed by atoms with Crippen molar-refractivity contribution in [2.75, 3.05) is 25.4 Å². The number of carbonyl (C=O) groups excluding carboxylic acids is 1. The molecule has 1 unspecified atom stereocenters. The number of amides is 2. The molecular formula is C11H23N3O5S. The smallest absolute Gasteiger partial charge is 0.314 e. The van der Waals surface area contributed by atoms with Crippen LogP contribution in [0.15, 0.2) is 0 Å². The summed E-state index contributed by atoms with van der Waals surface area (Å²) in [4.78, 5) is 22.5. The third kappa shape index (κ3) is 6.71. The van der Waals surface area contributed by atoms with Gasteiger partial charge in [0.2, 0.25) is 10.0 Å². The van der Waals surface area contributed by atoms with Gasteiger partial charge >= 0.3 is 12.0 Å². The number of sulfonamides is 1. The lowest BCUT2D eigenvalue weighted by atomic mass is 9.88. The summed E-state index contributed by atoms with van der Waals surface area (Å²) in [6.07, 6.45) is 0.372. The fourth-order valence-electron chi connectivity index (χ4n) is 1.28. The summed E-state index contributed by atoms with van der Waals surface area (Å²) in [6, 6.07) is -0.586. The lowest BCUT2D eigenvalue weighted by molar-refractivity contribution is -0.147. The van der Waals surface area contributed by atoms with E-state index >= 15 is 0 Å². The lowest BCUT2D eigenvalue weighted by Gasteiger charge is -2.23. The molecule has 0 saturated heterocycles. The summed E-state index contributed by atoms with van der Waals surface area (Å²) in [6.45, 7) is 5.14. The summed E-state index contributed by atoms with van der Waals surface area (Å²) in [7, 11) is -3.38. The van der Waals surface area contributed by atoms with Crippen LogP contribution in [0.5, 0.6) is 0 Å². The minimum Gasteiger partial charge on any atom is -0.481 e.